The van der Waals surface area contributed by atoms with E-state index in [9.17, 15) is 4.79 Å². The summed E-state index contributed by atoms with van der Waals surface area (Å²) in [5.41, 5.74) is 0. The molecular weight excluding hydrogens is 216 g/mol. The Morgan fingerprint density at radius 2 is 2.12 bits per heavy atom. The Bertz CT molecular complexity index is 225. The zero-order valence-corrected chi connectivity index (χ0v) is 11.4. The lowest BCUT2D eigenvalue weighted by Crippen LogP contribution is -2.42. The maximum absolute atomic E-state index is 11.0. The van der Waals surface area contributed by atoms with Gasteiger partial charge in [-0.2, -0.15) is 0 Å². The van der Waals surface area contributed by atoms with Gasteiger partial charge in [0.1, 0.15) is 0 Å². The van der Waals surface area contributed by atoms with Crippen LogP contribution in [0.25, 0.3) is 0 Å². The van der Waals surface area contributed by atoms with Gasteiger partial charge in [0.15, 0.2) is 0 Å². The fourth-order valence-corrected chi connectivity index (χ4v) is 2.44. The Balaban J connectivity index is 2.15. The number of carbonyl (C=O) groups is 1. The van der Waals surface area contributed by atoms with Gasteiger partial charge in [-0.05, 0) is 45.3 Å². The number of hydrogen-bond donors (Lipinski definition) is 1. The van der Waals surface area contributed by atoms with Crippen molar-refractivity contribution in [3.8, 4) is 0 Å². The zero-order valence-electron chi connectivity index (χ0n) is 11.4. The number of hydrogen-bond acceptors (Lipinski definition) is 4. The fraction of sp³-hybridized carbons (Fsp3) is 0.923. The average Bonchev–Trinajstić information content (AvgIpc) is 2.38. The molecule has 1 aliphatic rings. The highest BCUT2D eigenvalue weighted by atomic mass is 16.5. The maximum Gasteiger partial charge on any atom is 0.306 e. The number of esters is 1. The van der Waals surface area contributed by atoms with Crippen molar-refractivity contribution in [1.29, 1.82) is 0 Å². The molecule has 1 fully saturated rings. The second kappa shape index (κ2) is 7.67. The number of nitrogens with one attached hydrogen (secondary N) is 1. The third-order valence-corrected chi connectivity index (χ3v) is 3.81. The summed E-state index contributed by atoms with van der Waals surface area (Å²) in [6, 6.07) is 0.499. The summed E-state index contributed by atoms with van der Waals surface area (Å²) >= 11 is 0. The summed E-state index contributed by atoms with van der Waals surface area (Å²) in [6.45, 7) is 8.76. The van der Waals surface area contributed by atoms with Gasteiger partial charge in [-0.1, -0.05) is 6.92 Å². The topological polar surface area (TPSA) is 41.6 Å². The van der Waals surface area contributed by atoms with Crippen molar-refractivity contribution in [3.05, 3.63) is 0 Å². The van der Waals surface area contributed by atoms with Crippen LogP contribution in [-0.2, 0) is 9.53 Å². The standard InChI is InChI=1S/C13H26N2O2/c1-4-15-9-6-12(7-10-15)11(2)14-8-5-13(16)17-3/h11-12,14H,4-10H2,1-3H3. The molecule has 0 aromatic heterocycles. The molecule has 0 bridgehead atoms. The molecule has 100 valence electrons. The molecule has 1 heterocycles. The summed E-state index contributed by atoms with van der Waals surface area (Å²) in [7, 11) is 1.44. The summed E-state index contributed by atoms with van der Waals surface area (Å²) in [5, 5.41) is 3.43. The van der Waals surface area contributed by atoms with E-state index in [0.29, 0.717) is 12.5 Å². The van der Waals surface area contributed by atoms with Crippen LogP contribution in [0.3, 0.4) is 0 Å². The maximum atomic E-state index is 11.0. The first-order valence-electron chi connectivity index (χ1n) is 6.70. The normalized spacial score (nSPS) is 20.2. The van der Waals surface area contributed by atoms with Crippen molar-refractivity contribution in [3.63, 3.8) is 0 Å². The fourth-order valence-electron chi connectivity index (χ4n) is 2.44. The first kappa shape index (κ1) is 14.5. The Hall–Kier alpha value is -0.610. The SMILES string of the molecule is CCN1CCC(C(C)NCCC(=O)OC)CC1. The molecule has 0 amide bonds. The van der Waals surface area contributed by atoms with E-state index in [0.717, 1.165) is 19.0 Å². The van der Waals surface area contributed by atoms with Crippen LogP contribution in [0.1, 0.15) is 33.1 Å². The van der Waals surface area contributed by atoms with Gasteiger partial charge in [0.05, 0.1) is 13.5 Å². The van der Waals surface area contributed by atoms with Crippen LogP contribution in [0.5, 0.6) is 0 Å². The second-order valence-electron chi connectivity index (χ2n) is 4.84. The number of rotatable bonds is 6. The minimum absolute atomic E-state index is 0.134. The van der Waals surface area contributed by atoms with Crippen LogP contribution in [0.2, 0.25) is 0 Å². The first-order valence-corrected chi connectivity index (χ1v) is 6.70. The molecule has 0 aromatic carbocycles. The van der Waals surface area contributed by atoms with Gasteiger partial charge in [-0.15, -0.1) is 0 Å². The minimum atomic E-state index is -0.134. The van der Waals surface area contributed by atoms with E-state index in [1.165, 1.54) is 33.0 Å². The average molecular weight is 242 g/mol. The molecule has 17 heavy (non-hydrogen) atoms. The highest BCUT2D eigenvalue weighted by Crippen LogP contribution is 2.20. The van der Waals surface area contributed by atoms with Crippen LogP contribution in [-0.4, -0.2) is 50.2 Å². The highest BCUT2D eigenvalue weighted by Gasteiger charge is 2.22. The predicted molar refractivity (Wildman–Crippen MR) is 68.9 cm³/mol. The Labute approximate surface area is 105 Å². The molecule has 1 N–H and O–H groups in total. The van der Waals surface area contributed by atoms with Crippen molar-refractivity contribution >= 4 is 5.97 Å². The summed E-state index contributed by atoms with van der Waals surface area (Å²) < 4.78 is 4.62. The molecule has 1 aliphatic heterocycles. The van der Waals surface area contributed by atoms with Gasteiger partial charge in [0.2, 0.25) is 0 Å². The van der Waals surface area contributed by atoms with Crippen molar-refractivity contribution in [2.75, 3.05) is 33.3 Å². The molecule has 1 unspecified atom stereocenters. The van der Waals surface area contributed by atoms with E-state index in [1.807, 2.05) is 0 Å². The van der Waals surface area contributed by atoms with Crippen LogP contribution in [0.4, 0.5) is 0 Å². The second-order valence-corrected chi connectivity index (χ2v) is 4.84. The van der Waals surface area contributed by atoms with Gasteiger partial charge in [-0.3, -0.25) is 4.79 Å². The van der Waals surface area contributed by atoms with E-state index in [2.05, 4.69) is 28.8 Å². The predicted octanol–water partition coefficient (Wildman–Crippen LogP) is 1.26. The molecular formula is C13H26N2O2. The lowest BCUT2D eigenvalue weighted by atomic mass is 9.90. The number of nitrogens with zero attached hydrogens (tertiary/aromatic N) is 1. The molecule has 4 nitrogen and oxygen atoms in total. The third-order valence-electron chi connectivity index (χ3n) is 3.81. The van der Waals surface area contributed by atoms with Crippen molar-refractivity contribution in [1.82, 2.24) is 10.2 Å². The Morgan fingerprint density at radius 1 is 1.47 bits per heavy atom. The minimum Gasteiger partial charge on any atom is -0.469 e. The van der Waals surface area contributed by atoms with Crippen LogP contribution in [0, 0.1) is 5.92 Å². The monoisotopic (exact) mass is 242 g/mol. The number of likely N-dealkylation sites (tertiary alicyclic amines) is 1. The van der Waals surface area contributed by atoms with Crippen molar-refractivity contribution in [2.45, 2.75) is 39.2 Å². The van der Waals surface area contributed by atoms with Gasteiger partial charge < -0.3 is 15.0 Å². The summed E-state index contributed by atoms with van der Waals surface area (Å²) in [4.78, 5) is 13.5. The van der Waals surface area contributed by atoms with Gasteiger partial charge in [-0.25, -0.2) is 0 Å². The van der Waals surface area contributed by atoms with Crippen molar-refractivity contribution < 1.29 is 9.53 Å². The van der Waals surface area contributed by atoms with Gasteiger partial charge >= 0.3 is 5.97 Å². The summed E-state index contributed by atoms with van der Waals surface area (Å²) in [5.74, 6) is 0.612. The third kappa shape index (κ3) is 5.04. The lowest BCUT2D eigenvalue weighted by Gasteiger charge is -2.34. The lowest BCUT2D eigenvalue weighted by molar-refractivity contribution is -0.140. The summed E-state index contributed by atoms with van der Waals surface area (Å²) in [6.07, 6.45) is 3.00. The van der Waals surface area contributed by atoms with E-state index in [1.54, 1.807) is 0 Å². The zero-order chi connectivity index (χ0) is 12.7. The van der Waals surface area contributed by atoms with E-state index in [-0.39, 0.29) is 5.97 Å². The molecule has 4 heteroatoms. The smallest absolute Gasteiger partial charge is 0.306 e. The molecule has 0 spiro atoms. The Kier molecular flexibility index (Phi) is 6.52. The molecule has 1 saturated heterocycles. The number of methoxy groups -OCH3 is 1. The number of ether oxygens (including phenoxy) is 1. The van der Waals surface area contributed by atoms with E-state index >= 15 is 0 Å². The Morgan fingerprint density at radius 3 is 2.65 bits per heavy atom. The molecule has 1 rings (SSSR count). The number of carbonyl (C=O) groups excluding carboxylic acids is 1. The molecule has 0 radical (unpaired) electrons. The largest absolute Gasteiger partial charge is 0.469 e. The molecule has 1 atom stereocenters. The molecule has 0 aliphatic carbocycles. The van der Waals surface area contributed by atoms with Crippen LogP contribution >= 0.6 is 0 Å². The number of piperidine rings is 1. The first-order chi connectivity index (χ1) is 8.17. The highest BCUT2D eigenvalue weighted by molar-refractivity contribution is 5.69. The van der Waals surface area contributed by atoms with E-state index in [4.69, 9.17) is 0 Å². The molecule has 0 aromatic rings. The van der Waals surface area contributed by atoms with Gasteiger partial charge in [0.25, 0.3) is 0 Å². The quantitative estimate of drug-likeness (QED) is 0.712. The van der Waals surface area contributed by atoms with Crippen LogP contribution < -0.4 is 5.32 Å². The van der Waals surface area contributed by atoms with Crippen molar-refractivity contribution in [2.24, 2.45) is 5.92 Å². The van der Waals surface area contributed by atoms with Crippen LogP contribution in [0.15, 0.2) is 0 Å². The van der Waals surface area contributed by atoms with Gasteiger partial charge in [0, 0.05) is 12.6 Å². The van der Waals surface area contributed by atoms with E-state index < -0.39 is 0 Å². The molecule has 0 saturated carbocycles.